The predicted octanol–water partition coefficient (Wildman–Crippen LogP) is 2.80. The van der Waals surface area contributed by atoms with Crippen LogP contribution >= 0.6 is 11.6 Å². The third-order valence-electron chi connectivity index (χ3n) is 5.77. The molecular formula is C22H21ClFN7O2. The summed E-state index contributed by atoms with van der Waals surface area (Å²) in [6.45, 7) is 3.12. The number of halogens is 2. The van der Waals surface area contributed by atoms with Crippen molar-refractivity contribution < 1.29 is 9.13 Å². The van der Waals surface area contributed by atoms with Crippen LogP contribution in [-0.4, -0.2) is 49.0 Å². The lowest BCUT2D eigenvalue weighted by molar-refractivity contribution is 0.0392. The first-order chi connectivity index (χ1) is 15.8. The molecule has 0 N–H and O–H groups in total. The molecule has 11 heteroatoms. The minimum absolute atomic E-state index is 0.127. The molecule has 5 rings (SSSR count). The smallest absolute Gasteiger partial charge is 0.279 e. The second kappa shape index (κ2) is 8.20. The van der Waals surface area contributed by atoms with Gasteiger partial charge in [0.25, 0.3) is 5.56 Å². The molecule has 170 valence electrons. The number of hydrogen-bond donors (Lipinski definition) is 0. The van der Waals surface area contributed by atoms with Crippen LogP contribution in [0.3, 0.4) is 0 Å². The highest BCUT2D eigenvalue weighted by Gasteiger charge is 2.27. The maximum Gasteiger partial charge on any atom is 0.279 e. The SMILES string of the molecule is Cc1nc2c(-c3ccc(Cl)cc3F)nc(N3CCO[C@H](c4cnn(C)c4)C3)nc2c(=O)n1C. The molecule has 0 spiro atoms. The van der Waals surface area contributed by atoms with Gasteiger partial charge in [-0.25, -0.2) is 19.3 Å². The van der Waals surface area contributed by atoms with Crippen LogP contribution in [0.5, 0.6) is 0 Å². The van der Waals surface area contributed by atoms with Crippen LogP contribution in [0.2, 0.25) is 5.02 Å². The lowest BCUT2D eigenvalue weighted by Crippen LogP contribution is -2.39. The minimum Gasteiger partial charge on any atom is -0.370 e. The van der Waals surface area contributed by atoms with Crippen LogP contribution in [0.15, 0.2) is 35.4 Å². The van der Waals surface area contributed by atoms with Crippen LogP contribution in [-0.2, 0) is 18.8 Å². The highest BCUT2D eigenvalue weighted by atomic mass is 35.5. The van der Waals surface area contributed by atoms with Crippen LogP contribution in [0, 0.1) is 12.7 Å². The summed E-state index contributed by atoms with van der Waals surface area (Å²) in [5.41, 5.74) is 1.42. The first kappa shape index (κ1) is 21.5. The fourth-order valence-corrected chi connectivity index (χ4v) is 4.05. The maximum atomic E-state index is 14.9. The van der Waals surface area contributed by atoms with Crippen LogP contribution in [0.4, 0.5) is 10.3 Å². The third-order valence-corrected chi connectivity index (χ3v) is 6.01. The third kappa shape index (κ3) is 3.85. The summed E-state index contributed by atoms with van der Waals surface area (Å²) in [5, 5.41) is 4.48. The number of hydrogen-bond acceptors (Lipinski definition) is 7. The van der Waals surface area contributed by atoms with E-state index in [2.05, 4.69) is 20.1 Å². The summed E-state index contributed by atoms with van der Waals surface area (Å²) in [6, 6.07) is 4.33. The van der Waals surface area contributed by atoms with Crippen molar-refractivity contribution in [2.24, 2.45) is 14.1 Å². The van der Waals surface area contributed by atoms with E-state index in [-0.39, 0.29) is 39.0 Å². The topological polar surface area (TPSA) is 91.0 Å². The number of ether oxygens (including phenoxy) is 1. The Bertz CT molecular complexity index is 1430. The average molecular weight is 470 g/mol. The van der Waals surface area contributed by atoms with Crippen LogP contribution in [0.1, 0.15) is 17.5 Å². The highest BCUT2D eigenvalue weighted by molar-refractivity contribution is 6.30. The summed E-state index contributed by atoms with van der Waals surface area (Å²) in [6.07, 6.45) is 3.42. The van der Waals surface area contributed by atoms with Gasteiger partial charge in [-0.1, -0.05) is 11.6 Å². The van der Waals surface area contributed by atoms with Gasteiger partial charge in [-0.3, -0.25) is 14.0 Å². The summed E-state index contributed by atoms with van der Waals surface area (Å²) >= 11 is 5.95. The zero-order valence-corrected chi connectivity index (χ0v) is 19.0. The molecule has 1 fully saturated rings. The molecule has 0 radical (unpaired) electrons. The predicted molar refractivity (Wildman–Crippen MR) is 122 cm³/mol. The van der Waals surface area contributed by atoms with Gasteiger partial charge in [-0.05, 0) is 25.1 Å². The molecule has 1 aliphatic heterocycles. The molecule has 1 aliphatic rings. The minimum atomic E-state index is -0.552. The molecule has 0 bridgehead atoms. The zero-order valence-electron chi connectivity index (χ0n) is 18.3. The van der Waals surface area contributed by atoms with Crippen molar-refractivity contribution in [2.75, 3.05) is 24.6 Å². The van der Waals surface area contributed by atoms with Crippen molar-refractivity contribution in [3.05, 3.63) is 63.2 Å². The number of rotatable bonds is 3. The molecule has 4 aromatic rings. The number of anilines is 1. The number of benzene rings is 1. The molecular weight excluding hydrogens is 449 g/mol. The Labute approximate surface area is 193 Å². The quantitative estimate of drug-likeness (QED) is 0.455. The van der Waals surface area contributed by atoms with Crippen molar-refractivity contribution in [3.63, 3.8) is 0 Å². The second-order valence-corrected chi connectivity index (χ2v) is 8.41. The molecule has 0 saturated carbocycles. The van der Waals surface area contributed by atoms with E-state index in [0.717, 1.165) is 5.56 Å². The maximum absolute atomic E-state index is 14.9. The van der Waals surface area contributed by atoms with Crippen LogP contribution < -0.4 is 10.5 Å². The van der Waals surface area contributed by atoms with Gasteiger partial charge in [-0.15, -0.1) is 0 Å². The monoisotopic (exact) mass is 469 g/mol. The van der Waals surface area contributed by atoms with E-state index in [0.29, 0.717) is 31.5 Å². The van der Waals surface area contributed by atoms with Gasteiger partial charge in [0.15, 0.2) is 5.52 Å². The summed E-state index contributed by atoms with van der Waals surface area (Å²) < 4.78 is 24.0. The molecule has 0 amide bonds. The Hall–Kier alpha value is -3.37. The lowest BCUT2D eigenvalue weighted by Gasteiger charge is -2.32. The van der Waals surface area contributed by atoms with Crippen molar-refractivity contribution >= 4 is 28.6 Å². The Balaban J connectivity index is 1.67. The Morgan fingerprint density at radius 1 is 1.18 bits per heavy atom. The average Bonchev–Trinajstić information content (AvgIpc) is 3.24. The van der Waals surface area contributed by atoms with E-state index in [9.17, 15) is 9.18 Å². The van der Waals surface area contributed by atoms with E-state index in [1.165, 1.54) is 16.7 Å². The first-order valence-corrected chi connectivity index (χ1v) is 10.8. The van der Waals surface area contributed by atoms with Gasteiger partial charge in [0.2, 0.25) is 5.95 Å². The highest BCUT2D eigenvalue weighted by Crippen LogP contribution is 2.31. The molecule has 1 aromatic carbocycles. The van der Waals surface area contributed by atoms with Gasteiger partial charge in [0.1, 0.15) is 29.0 Å². The molecule has 3 aromatic heterocycles. The van der Waals surface area contributed by atoms with Gasteiger partial charge >= 0.3 is 0 Å². The Kier molecular flexibility index (Phi) is 5.34. The fourth-order valence-electron chi connectivity index (χ4n) is 3.89. The normalized spacial score (nSPS) is 16.5. The van der Waals surface area contributed by atoms with Gasteiger partial charge in [0, 0.05) is 43.0 Å². The van der Waals surface area contributed by atoms with E-state index in [1.807, 2.05) is 18.1 Å². The van der Waals surface area contributed by atoms with Gasteiger partial charge < -0.3 is 9.64 Å². The Morgan fingerprint density at radius 2 is 2.00 bits per heavy atom. The number of morpholine rings is 1. The molecule has 0 unspecified atom stereocenters. The molecule has 9 nitrogen and oxygen atoms in total. The van der Waals surface area contributed by atoms with Gasteiger partial charge in [0.05, 0.1) is 19.3 Å². The van der Waals surface area contributed by atoms with Crippen molar-refractivity contribution in [3.8, 4) is 11.3 Å². The number of nitrogens with zero attached hydrogens (tertiary/aromatic N) is 7. The number of aryl methyl sites for hydroxylation is 2. The van der Waals surface area contributed by atoms with E-state index >= 15 is 0 Å². The van der Waals surface area contributed by atoms with Crippen molar-refractivity contribution in [1.82, 2.24) is 29.3 Å². The summed E-state index contributed by atoms with van der Waals surface area (Å²) in [4.78, 5) is 28.7. The van der Waals surface area contributed by atoms with E-state index < -0.39 is 5.82 Å². The van der Waals surface area contributed by atoms with Gasteiger partial charge in [-0.2, -0.15) is 5.10 Å². The molecule has 33 heavy (non-hydrogen) atoms. The molecule has 0 aliphatic carbocycles. The molecule has 1 saturated heterocycles. The Morgan fingerprint density at radius 3 is 2.73 bits per heavy atom. The molecule has 1 atom stereocenters. The standard InChI is InChI=1S/C22H21ClFN7O2/c1-12-26-19-18(15-5-4-14(23)8-16(15)24)27-22(28-20(19)21(32)30(12)3)31-6-7-33-17(11-31)13-9-25-29(2)10-13/h4-5,8-10,17H,6-7,11H2,1-3H3/t17-/m0/s1. The first-order valence-electron chi connectivity index (χ1n) is 10.4. The van der Waals surface area contributed by atoms with Crippen molar-refractivity contribution in [2.45, 2.75) is 13.0 Å². The lowest BCUT2D eigenvalue weighted by atomic mass is 10.1. The number of fused-ring (bicyclic) bond motifs is 1. The zero-order chi connectivity index (χ0) is 23.3. The van der Waals surface area contributed by atoms with E-state index in [4.69, 9.17) is 16.3 Å². The second-order valence-electron chi connectivity index (χ2n) is 7.97. The summed E-state index contributed by atoms with van der Waals surface area (Å²) in [5.74, 6) is 0.234. The fraction of sp³-hybridized carbons (Fsp3) is 0.318. The molecule has 4 heterocycles. The number of aromatic nitrogens is 6. The largest absolute Gasteiger partial charge is 0.370 e. The van der Waals surface area contributed by atoms with Crippen molar-refractivity contribution in [1.29, 1.82) is 0 Å². The van der Waals surface area contributed by atoms with E-state index in [1.54, 1.807) is 30.9 Å². The summed E-state index contributed by atoms with van der Waals surface area (Å²) in [7, 11) is 3.47. The van der Waals surface area contributed by atoms with Crippen LogP contribution in [0.25, 0.3) is 22.3 Å².